The van der Waals surface area contributed by atoms with Gasteiger partial charge < -0.3 is 9.80 Å². The molecular weight excluding hydrogens is 471 g/mol. The van der Waals surface area contributed by atoms with Gasteiger partial charge in [-0.1, -0.05) is 97.1 Å². The molecule has 7 heteroatoms. The van der Waals surface area contributed by atoms with Gasteiger partial charge in [0.15, 0.2) is 11.5 Å². The molecule has 0 bridgehead atoms. The van der Waals surface area contributed by atoms with Gasteiger partial charge in [-0.25, -0.2) is 13.8 Å². The van der Waals surface area contributed by atoms with Crippen molar-refractivity contribution in [2.75, 3.05) is 0 Å². The highest BCUT2D eigenvalue weighted by molar-refractivity contribution is 7.34. The van der Waals surface area contributed by atoms with E-state index in [9.17, 15) is 9.36 Å². The lowest BCUT2D eigenvalue weighted by Crippen LogP contribution is -2.32. The second kappa shape index (κ2) is 9.48. The molecule has 1 fully saturated rings. The molecule has 4 aromatic carbocycles. The summed E-state index contributed by atoms with van der Waals surface area (Å²) in [5.74, 6) is 0.905. The SMILES string of the molecule is O=C1N(Cc2ccccc2)[C@H]2c3ccccc3O[P+](=O)Oc3ccccc3[C@@H]2N1Cc1ccccc1. The Labute approximate surface area is 210 Å². The van der Waals surface area contributed by atoms with Gasteiger partial charge in [0.05, 0.1) is 12.1 Å². The zero-order valence-electron chi connectivity index (χ0n) is 19.4. The molecule has 0 radical (unpaired) electrons. The lowest BCUT2D eigenvalue weighted by molar-refractivity contribution is 0.180. The Hall–Kier alpha value is -4.15. The molecule has 0 spiro atoms. The molecule has 36 heavy (non-hydrogen) atoms. The third kappa shape index (κ3) is 4.10. The Morgan fingerprint density at radius 1 is 0.583 bits per heavy atom. The number of urea groups is 1. The number of rotatable bonds is 4. The van der Waals surface area contributed by atoms with Crippen LogP contribution in [0.1, 0.15) is 34.3 Å². The smallest absolute Gasteiger partial charge is 0.311 e. The number of carbonyl (C=O) groups excluding carboxylic acids is 1. The van der Waals surface area contributed by atoms with E-state index in [0.29, 0.717) is 24.6 Å². The van der Waals surface area contributed by atoms with Crippen LogP contribution in [-0.2, 0) is 17.7 Å². The van der Waals surface area contributed by atoms with Crippen LogP contribution in [0.5, 0.6) is 11.5 Å². The standard InChI is InChI=1S/C29H24N2O4P/c32-29-30(19-21-11-3-1-4-12-21)27-23-15-7-9-17-25(23)34-36(33)35-26-18-10-8-16-24(26)28(27)31(29)20-22-13-5-2-6-14-22/h1-18,27-28H,19-20H2/q+1/t27-,28-/m0/s1. The van der Waals surface area contributed by atoms with Crippen LogP contribution >= 0.6 is 8.25 Å². The van der Waals surface area contributed by atoms with Crippen LogP contribution in [0, 0.1) is 0 Å². The normalized spacial score (nSPS) is 18.7. The highest BCUT2D eigenvalue weighted by Gasteiger charge is 2.51. The molecule has 178 valence electrons. The number of hydrogen-bond acceptors (Lipinski definition) is 4. The lowest BCUT2D eigenvalue weighted by atomic mass is 9.91. The number of amides is 2. The van der Waals surface area contributed by atoms with Gasteiger partial charge >= 0.3 is 14.3 Å². The van der Waals surface area contributed by atoms with E-state index in [0.717, 1.165) is 22.3 Å². The van der Waals surface area contributed by atoms with E-state index < -0.39 is 8.25 Å². The largest absolute Gasteiger partial charge is 0.805 e. The Morgan fingerprint density at radius 3 is 1.42 bits per heavy atom. The van der Waals surface area contributed by atoms with E-state index in [1.807, 2.05) is 107 Å². The van der Waals surface area contributed by atoms with Crippen molar-refractivity contribution in [3.63, 3.8) is 0 Å². The topological polar surface area (TPSA) is 59.1 Å². The number of benzene rings is 4. The van der Waals surface area contributed by atoms with Gasteiger partial charge in [0.25, 0.3) is 0 Å². The first-order chi connectivity index (χ1) is 17.7. The van der Waals surface area contributed by atoms with E-state index in [1.165, 1.54) is 0 Å². The molecule has 2 amide bonds. The van der Waals surface area contributed by atoms with Gasteiger partial charge in [0.1, 0.15) is 0 Å². The second-order valence-electron chi connectivity index (χ2n) is 8.88. The predicted molar refractivity (Wildman–Crippen MR) is 137 cm³/mol. The molecule has 6 rings (SSSR count). The van der Waals surface area contributed by atoms with Crippen molar-refractivity contribution < 1.29 is 18.4 Å². The van der Waals surface area contributed by atoms with Crippen molar-refractivity contribution in [2.24, 2.45) is 0 Å². The molecule has 2 heterocycles. The summed E-state index contributed by atoms with van der Waals surface area (Å²) >= 11 is 0. The maximum absolute atomic E-state index is 14.2. The second-order valence-corrected chi connectivity index (χ2v) is 9.69. The molecule has 2 atom stereocenters. The number of nitrogens with zero attached hydrogens (tertiary/aromatic N) is 2. The molecule has 2 aliphatic rings. The molecule has 0 saturated carbocycles. The maximum Gasteiger partial charge on any atom is 0.805 e. The van der Waals surface area contributed by atoms with E-state index in [-0.39, 0.29) is 18.1 Å². The molecule has 4 aromatic rings. The zero-order valence-corrected chi connectivity index (χ0v) is 20.3. The van der Waals surface area contributed by atoms with Crippen LogP contribution in [0.25, 0.3) is 0 Å². The highest BCUT2D eigenvalue weighted by Crippen LogP contribution is 2.53. The quantitative estimate of drug-likeness (QED) is 0.285. The summed E-state index contributed by atoms with van der Waals surface area (Å²) in [6.07, 6.45) is 0. The van der Waals surface area contributed by atoms with Gasteiger partial charge in [-0.2, -0.15) is 0 Å². The van der Waals surface area contributed by atoms with Crippen molar-refractivity contribution in [3.8, 4) is 11.5 Å². The number of hydrogen-bond donors (Lipinski definition) is 0. The molecule has 6 nitrogen and oxygen atoms in total. The first kappa shape index (κ1) is 22.3. The molecule has 0 N–H and O–H groups in total. The van der Waals surface area contributed by atoms with Gasteiger partial charge in [0, 0.05) is 28.8 Å². The van der Waals surface area contributed by atoms with Crippen LogP contribution in [0.3, 0.4) is 0 Å². The average Bonchev–Trinajstić information content (AvgIpc) is 3.18. The molecule has 0 unspecified atom stereocenters. The van der Waals surface area contributed by atoms with Crippen molar-refractivity contribution >= 4 is 14.3 Å². The Morgan fingerprint density at radius 2 is 0.972 bits per heavy atom. The first-order valence-electron chi connectivity index (χ1n) is 11.9. The Bertz CT molecular complexity index is 1310. The van der Waals surface area contributed by atoms with E-state index in [4.69, 9.17) is 9.05 Å². The average molecular weight is 495 g/mol. The fourth-order valence-electron chi connectivity index (χ4n) is 5.11. The minimum Gasteiger partial charge on any atom is -0.311 e. The summed E-state index contributed by atoms with van der Waals surface area (Å²) in [7, 11) is -2.45. The third-order valence-corrected chi connectivity index (χ3v) is 7.37. The van der Waals surface area contributed by atoms with E-state index in [1.54, 1.807) is 12.1 Å². The first-order valence-corrected chi connectivity index (χ1v) is 12.9. The van der Waals surface area contributed by atoms with Crippen LogP contribution in [0.2, 0.25) is 0 Å². The zero-order chi connectivity index (χ0) is 24.5. The Kier molecular flexibility index (Phi) is 5.88. The molecule has 0 aliphatic carbocycles. The summed E-state index contributed by atoms with van der Waals surface area (Å²) in [6, 6.07) is 34.0. The number of carbonyl (C=O) groups is 1. The van der Waals surface area contributed by atoms with E-state index in [2.05, 4.69) is 0 Å². The summed E-state index contributed by atoms with van der Waals surface area (Å²) in [5.41, 5.74) is 3.65. The van der Waals surface area contributed by atoms with Crippen molar-refractivity contribution in [3.05, 3.63) is 131 Å². The monoisotopic (exact) mass is 495 g/mol. The predicted octanol–water partition coefficient (Wildman–Crippen LogP) is 7.04. The van der Waals surface area contributed by atoms with Gasteiger partial charge in [-0.15, -0.1) is 0 Å². The van der Waals surface area contributed by atoms with Crippen molar-refractivity contribution in [1.82, 2.24) is 9.80 Å². The summed E-state index contributed by atoms with van der Waals surface area (Å²) in [5, 5.41) is 0. The van der Waals surface area contributed by atoms with Gasteiger partial charge in [0.2, 0.25) is 0 Å². The number of para-hydroxylation sites is 2. The van der Waals surface area contributed by atoms with Gasteiger partial charge in [-0.3, -0.25) is 0 Å². The van der Waals surface area contributed by atoms with Crippen molar-refractivity contribution in [1.29, 1.82) is 0 Å². The van der Waals surface area contributed by atoms with Gasteiger partial charge in [-0.05, 0) is 23.3 Å². The number of fused-ring (bicyclic) bond motifs is 5. The molecule has 1 saturated heterocycles. The third-order valence-electron chi connectivity index (χ3n) is 6.67. The summed E-state index contributed by atoms with van der Waals surface area (Å²) in [4.78, 5) is 18.0. The summed E-state index contributed by atoms with van der Waals surface area (Å²) in [6.45, 7) is 0.852. The summed E-state index contributed by atoms with van der Waals surface area (Å²) < 4.78 is 24.5. The van der Waals surface area contributed by atoms with E-state index >= 15 is 0 Å². The minimum atomic E-state index is -2.45. The van der Waals surface area contributed by atoms with Crippen LogP contribution < -0.4 is 9.05 Å². The molecule has 0 aromatic heterocycles. The highest BCUT2D eigenvalue weighted by atomic mass is 31.1. The van der Waals surface area contributed by atoms with Crippen LogP contribution in [-0.4, -0.2) is 15.8 Å². The minimum absolute atomic E-state index is 0.0766. The van der Waals surface area contributed by atoms with Crippen LogP contribution in [0.15, 0.2) is 109 Å². The maximum atomic E-state index is 14.2. The van der Waals surface area contributed by atoms with Crippen molar-refractivity contribution in [2.45, 2.75) is 25.2 Å². The fourth-order valence-corrected chi connectivity index (χ4v) is 5.80. The molecular formula is C29H24N2O4P+. The molecule has 2 aliphatic heterocycles. The lowest BCUT2D eigenvalue weighted by Gasteiger charge is -2.29. The fraction of sp³-hybridized carbons (Fsp3) is 0.138. The van der Waals surface area contributed by atoms with Crippen LogP contribution in [0.4, 0.5) is 4.79 Å². The Balaban J connectivity index is 1.56.